The van der Waals surface area contributed by atoms with Gasteiger partial charge < -0.3 is 10.4 Å². The first-order valence-electron chi connectivity index (χ1n) is 6.90. The highest BCUT2D eigenvalue weighted by atomic mass is 32.2. The first-order chi connectivity index (χ1) is 8.86. The van der Waals surface area contributed by atoms with E-state index in [1.54, 1.807) is 0 Å². The number of nitrogens with one attached hydrogen (secondary N) is 1. The second-order valence-electron chi connectivity index (χ2n) is 4.41. The van der Waals surface area contributed by atoms with Crippen LogP contribution in [0, 0.1) is 0 Å². The standard InChI is InChI=1S/C15H25NOS/c1-2-16-13-14-7-9-15(10-8-14)18-12-6-4-3-5-11-17/h7-10,16-17H,2-6,11-13H2,1H3. The van der Waals surface area contributed by atoms with Crippen LogP contribution in [0.4, 0.5) is 0 Å². The fraction of sp³-hybridized carbons (Fsp3) is 0.600. The van der Waals surface area contributed by atoms with Gasteiger partial charge in [-0.05, 0) is 42.8 Å². The van der Waals surface area contributed by atoms with Crippen molar-refractivity contribution in [1.29, 1.82) is 0 Å². The van der Waals surface area contributed by atoms with E-state index in [0.717, 1.165) is 25.9 Å². The van der Waals surface area contributed by atoms with E-state index in [4.69, 9.17) is 5.11 Å². The summed E-state index contributed by atoms with van der Waals surface area (Å²) in [6.45, 7) is 4.44. The van der Waals surface area contributed by atoms with E-state index in [2.05, 4.69) is 36.5 Å². The van der Waals surface area contributed by atoms with E-state index in [1.807, 2.05) is 11.8 Å². The average molecular weight is 267 g/mol. The molecule has 0 aliphatic carbocycles. The number of aliphatic hydroxyl groups excluding tert-OH is 1. The van der Waals surface area contributed by atoms with E-state index in [1.165, 1.54) is 29.1 Å². The molecule has 0 saturated carbocycles. The molecule has 0 bridgehead atoms. The van der Waals surface area contributed by atoms with Gasteiger partial charge in [0.1, 0.15) is 0 Å². The van der Waals surface area contributed by atoms with Crippen LogP contribution >= 0.6 is 11.8 Å². The van der Waals surface area contributed by atoms with Crippen molar-refractivity contribution in [2.24, 2.45) is 0 Å². The molecule has 3 heteroatoms. The minimum atomic E-state index is 0.334. The first kappa shape index (κ1) is 15.5. The molecule has 1 aromatic rings. The van der Waals surface area contributed by atoms with Gasteiger partial charge in [-0.25, -0.2) is 0 Å². The van der Waals surface area contributed by atoms with Crippen molar-refractivity contribution in [3.05, 3.63) is 29.8 Å². The van der Waals surface area contributed by atoms with E-state index in [9.17, 15) is 0 Å². The first-order valence-corrected chi connectivity index (χ1v) is 7.88. The molecule has 0 heterocycles. The maximum absolute atomic E-state index is 8.68. The number of benzene rings is 1. The Morgan fingerprint density at radius 1 is 1.06 bits per heavy atom. The number of aliphatic hydroxyl groups is 1. The lowest BCUT2D eigenvalue weighted by atomic mass is 10.2. The van der Waals surface area contributed by atoms with Crippen LogP contribution in [0.15, 0.2) is 29.2 Å². The van der Waals surface area contributed by atoms with Gasteiger partial charge in [-0.1, -0.05) is 31.9 Å². The van der Waals surface area contributed by atoms with Gasteiger partial charge in [0.2, 0.25) is 0 Å². The predicted molar refractivity (Wildman–Crippen MR) is 80.1 cm³/mol. The third kappa shape index (κ3) is 7.04. The number of hydrogen-bond acceptors (Lipinski definition) is 3. The molecule has 0 unspecified atom stereocenters. The summed E-state index contributed by atoms with van der Waals surface area (Å²) in [5, 5.41) is 12.0. The average Bonchev–Trinajstić information content (AvgIpc) is 2.42. The van der Waals surface area contributed by atoms with Crippen LogP contribution in [-0.4, -0.2) is 24.0 Å². The molecule has 0 aliphatic rings. The lowest BCUT2D eigenvalue weighted by Crippen LogP contribution is -2.11. The van der Waals surface area contributed by atoms with Crippen molar-refractivity contribution >= 4 is 11.8 Å². The quantitative estimate of drug-likeness (QED) is 0.503. The largest absolute Gasteiger partial charge is 0.396 e. The molecule has 1 aromatic carbocycles. The molecule has 0 radical (unpaired) electrons. The van der Waals surface area contributed by atoms with Crippen molar-refractivity contribution in [3.63, 3.8) is 0 Å². The number of hydrogen-bond donors (Lipinski definition) is 2. The van der Waals surface area contributed by atoms with Crippen LogP contribution in [0.25, 0.3) is 0 Å². The van der Waals surface area contributed by atoms with Crippen molar-refractivity contribution < 1.29 is 5.11 Å². The van der Waals surface area contributed by atoms with Crippen molar-refractivity contribution in [3.8, 4) is 0 Å². The third-order valence-corrected chi connectivity index (χ3v) is 3.92. The SMILES string of the molecule is CCNCc1ccc(SCCCCCCO)cc1. The number of thioether (sulfide) groups is 1. The molecule has 0 spiro atoms. The Morgan fingerprint density at radius 2 is 1.78 bits per heavy atom. The summed E-state index contributed by atoms with van der Waals surface area (Å²) in [6.07, 6.45) is 4.57. The van der Waals surface area contributed by atoms with Gasteiger partial charge in [0, 0.05) is 18.0 Å². The van der Waals surface area contributed by atoms with E-state index in [0.29, 0.717) is 6.61 Å². The summed E-state index contributed by atoms with van der Waals surface area (Å²) in [6, 6.07) is 8.84. The lowest BCUT2D eigenvalue weighted by Gasteiger charge is -2.05. The predicted octanol–water partition coefficient (Wildman–Crippen LogP) is 3.44. The Morgan fingerprint density at radius 3 is 2.44 bits per heavy atom. The van der Waals surface area contributed by atoms with Crippen LogP contribution in [0.2, 0.25) is 0 Å². The van der Waals surface area contributed by atoms with E-state index < -0.39 is 0 Å². The zero-order valence-electron chi connectivity index (χ0n) is 11.3. The summed E-state index contributed by atoms with van der Waals surface area (Å²) in [4.78, 5) is 1.36. The summed E-state index contributed by atoms with van der Waals surface area (Å²) < 4.78 is 0. The molecule has 102 valence electrons. The van der Waals surface area contributed by atoms with Crippen LogP contribution in [0.1, 0.15) is 38.2 Å². The Labute approximate surface area is 115 Å². The van der Waals surface area contributed by atoms with Crippen LogP contribution in [-0.2, 0) is 6.54 Å². The zero-order chi connectivity index (χ0) is 13.1. The second kappa shape index (κ2) is 10.4. The fourth-order valence-electron chi connectivity index (χ4n) is 1.73. The number of unbranched alkanes of at least 4 members (excludes halogenated alkanes) is 3. The molecule has 2 nitrogen and oxygen atoms in total. The Kier molecular flexibility index (Phi) is 9.00. The normalized spacial score (nSPS) is 10.8. The molecule has 0 amide bonds. The smallest absolute Gasteiger partial charge is 0.0431 e. The second-order valence-corrected chi connectivity index (χ2v) is 5.58. The number of rotatable bonds is 10. The third-order valence-electron chi connectivity index (χ3n) is 2.82. The molecule has 18 heavy (non-hydrogen) atoms. The van der Waals surface area contributed by atoms with E-state index >= 15 is 0 Å². The molecule has 0 fully saturated rings. The molecule has 2 N–H and O–H groups in total. The summed E-state index contributed by atoms with van der Waals surface area (Å²) in [5.41, 5.74) is 1.35. The molecule has 1 rings (SSSR count). The molecule has 0 aromatic heterocycles. The minimum Gasteiger partial charge on any atom is -0.396 e. The van der Waals surface area contributed by atoms with Crippen LogP contribution in [0.5, 0.6) is 0 Å². The van der Waals surface area contributed by atoms with Gasteiger partial charge in [0.05, 0.1) is 0 Å². The van der Waals surface area contributed by atoms with Crippen molar-refractivity contribution in [1.82, 2.24) is 5.32 Å². The summed E-state index contributed by atoms with van der Waals surface area (Å²) in [5.74, 6) is 1.18. The minimum absolute atomic E-state index is 0.334. The fourth-order valence-corrected chi connectivity index (χ4v) is 2.64. The van der Waals surface area contributed by atoms with Crippen molar-refractivity contribution in [2.45, 2.75) is 44.0 Å². The van der Waals surface area contributed by atoms with Gasteiger partial charge in [-0.15, -0.1) is 11.8 Å². The van der Waals surface area contributed by atoms with Gasteiger partial charge in [-0.3, -0.25) is 0 Å². The lowest BCUT2D eigenvalue weighted by molar-refractivity contribution is 0.283. The van der Waals surface area contributed by atoms with Crippen LogP contribution < -0.4 is 5.32 Å². The van der Waals surface area contributed by atoms with Gasteiger partial charge in [0.25, 0.3) is 0 Å². The monoisotopic (exact) mass is 267 g/mol. The molecule has 0 atom stereocenters. The van der Waals surface area contributed by atoms with E-state index in [-0.39, 0.29) is 0 Å². The Hall–Kier alpha value is -0.510. The summed E-state index contributed by atoms with van der Waals surface area (Å²) in [7, 11) is 0. The van der Waals surface area contributed by atoms with Gasteiger partial charge in [-0.2, -0.15) is 0 Å². The van der Waals surface area contributed by atoms with Crippen LogP contribution in [0.3, 0.4) is 0 Å². The maximum Gasteiger partial charge on any atom is 0.0431 e. The molecule has 0 aliphatic heterocycles. The highest BCUT2D eigenvalue weighted by Gasteiger charge is 1.96. The molecular formula is C15H25NOS. The maximum atomic E-state index is 8.68. The van der Waals surface area contributed by atoms with Gasteiger partial charge in [0.15, 0.2) is 0 Å². The molecular weight excluding hydrogens is 242 g/mol. The Bertz CT molecular complexity index is 300. The highest BCUT2D eigenvalue weighted by Crippen LogP contribution is 2.20. The highest BCUT2D eigenvalue weighted by molar-refractivity contribution is 7.99. The summed E-state index contributed by atoms with van der Waals surface area (Å²) >= 11 is 1.93. The Balaban J connectivity index is 2.14. The zero-order valence-corrected chi connectivity index (χ0v) is 12.1. The van der Waals surface area contributed by atoms with Crippen molar-refractivity contribution in [2.75, 3.05) is 18.9 Å². The van der Waals surface area contributed by atoms with Gasteiger partial charge >= 0.3 is 0 Å². The topological polar surface area (TPSA) is 32.3 Å². The molecule has 0 saturated heterocycles.